The topological polar surface area (TPSA) is 56.0 Å². The molecule has 0 heterocycles. The van der Waals surface area contributed by atoms with Crippen LogP contribution >= 0.6 is 11.6 Å². The van der Waals surface area contributed by atoms with Gasteiger partial charge in [0.2, 0.25) is 0 Å². The Morgan fingerprint density at radius 1 is 1.28 bits per heavy atom. The van der Waals surface area contributed by atoms with Gasteiger partial charge in [0.15, 0.2) is 0 Å². The van der Waals surface area contributed by atoms with Gasteiger partial charge in [0.1, 0.15) is 6.07 Å². The third-order valence-corrected chi connectivity index (χ3v) is 3.66. The van der Waals surface area contributed by atoms with Crippen LogP contribution in [0, 0.1) is 11.3 Å². The number of aliphatic hydroxyl groups excluding tert-OH is 1. The number of anilines is 1. The molecular formula is C14H17ClN2O. The first kappa shape index (κ1) is 13.2. The summed E-state index contributed by atoms with van der Waals surface area (Å²) in [6.07, 6.45) is 4.74. The fourth-order valence-electron chi connectivity index (χ4n) is 2.39. The van der Waals surface area contributed by atoms with Gasteiger partial charge in [-0.2, -0.15) is 5.26 Å². The van der Waals surface area contributed by atoms with E-state index in [4.69, 9.17) is 16.9 Å². The first-order valence-corrected chi connectivity index (χ1v) is 6.73. The molecule has 0 amide bonds. The van der Waals surface area contributed by atoms with E-state index in [1.165, 1.54) is 0 Å². The zero-order valence-corrected chi connectivity index (χ0v) is 11.0. The minimum atomic E-state index is -0.349. The molecule has 0 bridgehead atoms. The highest BCUT2D eigenvalue weighted by molar-refractivity contribution is 6.30. The molecule has 0 spiro atoms. The van der Waals surface area contributed by atoms with Crippen LogP contribution in [0.4, 0.5) is 5.69 Å². The molecular weight excluding hydrogens is 248 g/mol. The third-order valence-electron chi connectivity index (χ3n) is 3.42. The molecule has 2 rings (SSSR count). The summed E-state index contributed by atoms with van der Waals surface area (Å²) >= 11 is 5.95. The highest BCUT2D eigenvalue weighted by atomic mass is 35.5. The van der Waals surface area contributed by atoms with Crippen molar-refractivity contribution in [2.24, 2.45) is 0 Å². The van der Waals surface area contributed by atoms with E-state index in [0.29, 0.717) is 10.6 Å². The second-order valence-electron chi connectivity index (χ2n) is 4.76. The molecule has 0 saturated heterocycles. The van der Waals surface area contributed by atoms with Crippen molar-refractivity contribution in [2.75, 3.05) is 5.32 Å². The molecule has 2 atom stereocenters. The summed E-state index contributed by atoms with van der Waals surface area (Å²) in [7, 11) is 0. The maximum absolute atomic E-state index is 10.1. The zero-order valence-electron chi connectivity index (χ0n) is 10.2. The van der Waals surface area contributed by atoms with Crippen LogP contribution in [0.5, 0.6) is 0 Å². The highest BCUT2D eigenvalue weighted by Gasteiger charge is 2.22. The van der Waals surface area contributed by atoms with E-state index in [9.17, 15) is 5.11 Å². The predicted octanol–water partition coefficient (Wildman–Crippen LogP) is 3.32. The lowest BCUT2D eigenvalue weighted by Gasteiger charge is -2.23. The zero-order chi connectivity index (χ0) is 13.0. The van der Waals surface area contributed by atoms with Crippen LogP contribution in [0.2, 0.25) is 5.02 Å². The second kappa shape index (κ2) is 6.08. The fraction of sp³-hybridized carbons (Fsp3) is 0.500. The Morgan fingerprint density at radius 2 is 2.06 bits per heavy atom. The smallest absolute Gasteiger partial charge is 0.101 e. The molecule has 1 aromatic carbocycles. The average molecular weight is 265 g/mol. The van der Waals surface area contributed by atoms with Crippen molar-refractivity contribution in [1.29, 1.82) is 5.26 Å². The minimum Gasteiger partial charge on any atom is -0.391 e. The normalized spacial score (nSPS) is 24.1. The van der Waals surface area contributed by atoms with Crippen molar-refractivity contribution >= 4 is 17.3 Å². The van der Waals surface area contributed by atoms with Crippen molar-refractivity contribution in [3.8, 4) is 6.07 Å². The fourth-order valence-corrected chi connectivity index (χ4v) is 2.56. The number of nitrogens with zero attached hydrogens (tertiary/aromatic N) is 1. The molecule has 1 aromatic rings. The molecule has 0 aliphatic heterocycles. The molecule has 1 aliphatic rings. The molecule has 0 radical (unpaired) electrons. The number of hydrogen-bond acceptors (Lipinski definition) is 3. The molecule has 0 aromatic heterocycles. The molecule has 18 heavy (non-hydrogen) atoms. The van der Waals surface area contributed by atoms with E-state index in [-0.39, 0.29) is 12.1 Å². The van der Waals surface area contributed by atoms with Crippen molar-refractivity contribution < 1.29 is 5.11 Å². The largest absolute Gasteiger partial charge is 0.391 e. The first-order valence-electron chi connectivity index (χ1n) is 6.35. The Morgan fingerprint density at radius 3 is 2.83 bits per heavy atom. The number of nitriles is 1. The molecule has 1 fully saturated rings. The van der Waals surface area contributed by atoms with E-state index in [2.05, 4.69) is 11.4 Å². The molecule has 1 aliphatic carbocycles. The van der Waals surface area contributed by atoms with Gasteiger partial charge in [-0.3, -0.25) is 0 Å². The van der Waals surface area contributed by atoms with Gasteiger partial charge in [0, 0.05) is 5.02 Å². The number of halogens is 1. The van der Waals surface area contributed by atoms with E-state index < -0.39 is 0 Å². The number of rotatable bonds is 2. The van der Waals surface area contributed by atoms with Crippen molar-refractivity contribution in [1.82, 2.24) is 0 Å². The molecule has 2 unspecified atom stereocenters. The van der Waals surface area contributed by atoms with Crippen molar-refractivity contribution in [3.63, 3.8) is 0 Å². The lowest BCUT2D eigenvalue weighted by Crippen LogP contribution is -2.32. The summed E-state index contributed by atoms with van der Waals surface area (Å²) in [5.74, 6) is 0. The summed E-state index contributed by atoms with van der Waals surface area (Å²) < 4.78 is 0. The lowest BCUT2D eigenvalue weighted by atomic mass is 10.0. The Hall–Kier alpha value is -1.24. The van der Waals surface area contributed by atoms with E-state index in [0.717, 1.165) is 37.8 Å². The van der Waals surface area contributed by atoms with Crippen molar-refractivity contribution in [2.45, 2.75) is 44.2 Å². The Labute approximate surface area is 112 Å². The first-order chi connectivity index (χ1) is 8.70. The molecule has 1 saturated carbocycles. The Balaban J connectivity index is 2.17. The van der Waals surface area contributed by atoms with Crippen LogP contribution in [0.1, 0.15) is 37.7 Å². The molecule has 4 heteroatoms. The Bertz CT molecular complexity index is 456. The van der Waals surface area contributed by atoms with Gasteiger partial charge in [0.05, 0.1) is 23.4 Å². The summed E-state index contributed by atoms with van der Waals surface area (Å²) in [6, 6.07) is 7.31. The average Bonchev–Trinajstić information content (AvgIpc) is 2.55. The van der Waals surface area contributed by atoms with Gasteiger partial charge in [0.25, 0.3) is 0 Å². The van der Waals surface area contributed by atoms with Crippen LogP contribution < -0.4 is 5.32 Å². The number of aliphatic hydroxyl groups is 1. The van der Waals surface area contributed by atoms with Gasteiger partial charge in [-0.25, -0.2) is 0 Å². The predicted molar refractivity (Wildman–Crippen MR) is 72.7 cm³/mol. The monoisotopic (exact) mass is 264 g/mol. The summed E-state index contributed by atoms with van der Waals surface area (Å²) in [6.45, 7) is 0. The van der Waals surface area contributed by atoms with Crippen molar-refractivity contribution in [3.05, 3.63) is 28.8 Å². The second-order valence-corrected chi connectivity index (χ2v) is 5.19. The van der Waals surface area contributed by atoms with Crippen LogP contribution in [0.25, 0.3) is 0 Å². The van der Waals surface area contributed by atoms with Crippen LogP contribution in [-0.4, -0.2) is 17.3 Å². The maximum atomic E-state index is 10.1. The quantitative estimate of drug-likeness (QED) is 0.806. The van der Waals surface area contributed by atoms with Gasteiger partial charge in [-0.1, -0.05) is 30.9 Å². The summed E-state index contributed by atoms with van der Waals surface area (Å²) in [4.78, 5) is 0. The third kappa shape index (κ3) is 3.16. The highest BCUT2D eigenvalue weighted by Crippen LogP contribution is 2.25. The van der Waals surface area contributed by atoms with Gasteiger partial charge in [-0.15, -0.1) is 0 Å². The number of hydrogen-bond donors (Lipinski definition) is 2. The van der Waals surface area contributed by atoms with E-state index in [1.54, 1.807) is 18.2 Å². The Kier molecular flexibility index (Phi) is 4.46. The van der Waals surface area contributed by atoms with Crippen LogP contribution in [0.15, 0.2) is 18.2 Å². The standard InChI is InChI=1S/C14H17ClN2O/c15-11-7-6-10(9-16)13(8-11)17-12-4-2-1-3-5-14(12)18/h6-8,12,14,17-18H,1-5H2. The SMILES string of the molecule is N#Cc1ccc(Cl)cc1NC1CCCCCC1O. The van der Waals surface area contributed by atoms with Gasteiger partial charge < -0.3 is 10.4 Å². The summed E-state index contributed by atoms with van der Waals surface area (Å²) in [5, 5.41) is 23.0. The number of nitrogens with one attached hydrogen (secondary N) is 1. The van der Waals surface area contributed by atoms with Crippen LogP contribution in [-0.2, 0) is 0 Å². The van der Waals surface area contributed by atoms with Gasteiger partial charge >= 0.3 is 0 Å². The number of benzene rings is 1. The lowest BCUT2D eigenvalue weighted by molar-refractivity contribution is 0.144. The minimum absolute atomic E-state index is 0.0121. The van der Waals surface area contributed by atoms with E-state index >= 15 is 0 Å². The molecule has 2 N–H and O–H groups in total. The molecule has 96 valence electrons. The van der Waals surface area contributed by atoms with E-state index in [1.807, 2.05) is 0 Å². The van der Waals surface area contributed by atoms with Crippen LogP contribution in [0.3, 0.4) is 0 Å². The molecule has 3 nitrogen and oxygen atoms in total. The van der Waals surface area contributed by atoms with Gasteiger partial charge in [-0.05, 0) is 31.0 Å². The maximum Gasteiger partial charge on any atom is 0.101 e. The summed E-state index contributed by atoms with van der Waals surface area (Å²) in [5.41, 5.74) is 1.28.